The van der Waals surface area contributed by atoms with Crippen molar-refractivity contribution >= 4 is 22.2 Å². The van der Waals surface area contributed by atoms with Crippen LogP contribution in [0.5, 0.6) is 5.75 Å². The highest BCUT2D eigenvalue weighted by atomic mass is 32.1. The smallest absolute Gasteiger partial charge is 0.344 e. The average molecular weight is 359 g/mol. The van der Waals surface area contributed by atoms with Gasteiger partial charge in [0.1, 0.15) is 17.1 Å². The van der Waals surface area contributed by atoms with E-state index in [2.05, 4.69) is 63.8 Å². The van der Waals surface area contributed by atoms with Crippen LogP contribution in [0.25, 0.3) is 16.9 Å². The molecule has 0 saturated carbocycles. The van der Waals surface area contributed by atoms with E-state index in [1.165, 1.54) is 0 Å². The van der Waals surface area contributed by atoms with Crippen molar-refractivity contribution in [2.45, 2.75) is 0 Å². The van der Waals surface area contributed by atoms with Gasteiger partial charge in [-0.3, -0.25) is 0 Å². The number of hydrogen-bond acceptors (Lipinski definition) is 3. The molecule has 0 bridgehead atoms. The Labute approximate surface area is 157 Å². The molecule has 0 fully saturated rings. The number of hydrogen-bond donors (Lipinski definition) is 1. The van der Waals surface area contributed by atoms with E-state index in [9.17, 15) is 0 Å². The first-order valence-corrected chi connectivity index (χ1v) is 9.28. The Hall–Kier alpha value is -3.11. The summed E-state index contributed by atoms with van der Waals surface area (Å²) in [6.07, 6.45) is 0. The van der Waals surface area contributed by atoms with Crippen LogP contribution >= 0.6 is 11.3 Å². The van der Waals surface area contributed by atoms with Gasteiger partial charge in [0.05, 0.1) is 7.11 Å². The van der Waals surface area contributed by atoms with Crippen molar-refractivity contribution in [2.75, 3.05) is 12.4 Å². The molecule has 3 nitrogen and oxygen atoms in total. The van der Waals surface area contributed by atoms with E-state index in [1.54, 1.807) is 18.4 Å². The Bertz CT molecular complexity index is 980. The molecular weight excluding hydrogens is 340 g/mol. The van der Waals surface area contributed by atoms with Gasteiger partial charge in [-0.1, -0.05) is 47.7 Å². The molecule has 1 heterocycles. The molecule has 26 heavy (non-hydrogen) atoms. The molecule has 0 aliphatic carbocycles. The number of ether oxygens (including phenoxy) is 1. The van der Waals surface area contributed by atoms with E-state index in [4.69, 9.17) is 4.74 Å². The molecule has 4 heteroatoms. The molecule has 128 valence electrons. The Morgan fingerprint density at radius 2 is 1.46 bits per heavy atom. The van der Waals surface area contributed by atoms with Crippen LogP contribution in [0, 0.1) is 0 Å². The molecule has 4 aromatic rings. The summed E-state index contributed by atoms with van der Waals surface area (Å²) in [5, 5.41) is 6.78. The number of benzene rings is 3. The minimum absolute atomic E-state index is 0.859. The Morgan fingerprint density at radius 1 is 0.808 bits per heavy atom. The maximum Gasteiger partial charge on any atom is 0.344 e. The summed E-state index contributed by atoms with van der Waals surface area (Å²) in [6, 6.07) is 28.8. The molecular formula is C22H19N2OS+. The normalized spacial score (nSPS) is 10.5. The summed E-state index contributed by atoms with van der Waals surface area (Å²) >= 11 is 1.69. The fourth-order valence-electron chi connectivity index (χ4n) is 2.85. The van der Waals surface area contributed by atoms with Crippen molar-refractivity contribution in [1.82, 2.24) is 0 Å². The van der Waals surface area contributed by atoms with Crippen molar-refractivity contribution in [3.8, 4) is 22.7 Å². The third-order valence-corrected chi connectivity index (χ3v) is 5.00. The number of nitrogens with zero attached hydrogens (tertiary/aromatic N) is 1. The topological polar surface area (TPSA) is 25.1 Å². The van der Waals surface area contributed by atoms with Crippen LogP contribution in [0.2, 0.25) is 0 Å². The van der Waals surface area contributed by atoms with E-state index in [1.807, 2.05) is 36.4 Å². The molecule has 0 atom stereocenters. The van der Waals surface area contributed by atoms with Gasteiger partial charge >= 0.3 is 5.13 Å². The second kappa shape index (κ2) is 7.42. The van der Waals surface area contributed by atoms with Gasteiger partial charge in [-0.25, -0.2) is 5.32 Å². The van der Waals surface area contributed by atoms with Crippen LogP contribution in [0.15, 0.2) is 90.3 Å². The predicted molar refractivity (Wildman–Crippen MR) is 108 cm³/mol. The summed E-state index contributed by atoms with van der Waals surface area (Å²) in [4.78, 5) is 0. The number of aromatic nitrogens is 1. The highest BCUT2D eigenvalue weighted by Gasteiger charge is 2.21. The lowest BCUT2D eigenvalue weighted by Crippen LogP contribution is -2.33. The van der Waals surface area contributed by atoms with Gasteiger partial charge in [0, 0.05) is 10.9 Å². The third kappa shape index (κ3) is 3.32. The zero-order valence-corrected chi connectivity index (χ0v) is 15.2. The third-order valence-electron chi connectivity index (χ3n) is 4.15. The van der Waals surface area contributed by atoms with Crippen LogP contribution in [0.1, 0.15) is 0 Å². The minimum atomic E-state index is 0.859. The summed E-state index contributed by atoms with van der Waals surface area (Å²) in [6.45, 7) is 0. The standard InChI is InChI=1S/C22H18N2OS/c1-25-20-14-12-17(13-15-20)21-16-26-22(23-18-8-4-2-5-9-18)24(21)19-10-6-3-7-11-19/h2-16H,1H3/p+1. The molecule has 1 N–H and O–H groups in total. The van der Waals surface area contributed by atoms with Crippen LogP contribution in [0.4, 0.5) is 10.8 Å². The van der Waals surface area contributed by atoms with Gasteiger partial charge in [0.25, 0.3) is 0 Å². The van der Waals surface area contributed by atoms with Crippen molar-refractivity contribution in [3.63, 3.8) is 0 Å². The van der Waals surface area contributed by atoms with E-state index in [0.29, 0.717) is 0 Å². The number of rotatable bonds is 5. The zero-order valence-electron chi connectivity index (χ0n) is 14.4. The van der Waals surface area contributed by atoms with Crippen LogP contribution in [-0.4, -0.2) is 7.11 Å². The van der Waals surface area contributed by atoms with Gasteiger partial charge in [0.15, 0.2) is 5.69 Å². The fourth-order valence-corrected chi connectivity index (χ4v) is 3.80. The monoisotopic (exact) mass is 359 g/mol. The lowest BCUT2D eigenvalue weighted by molar-refractivity contribution is -0.563. The SMILES string of the molecule is COc1ccc(-c2csc(Nc3ccccc3)[n+]2-c2ccccc2)cc1. The number of para-hydroxylation sites is 2. The van der Waals surface area contributed by atoms with Gasteiger partial charge in [-0.15, -0.1) is 0 Å². The maximum absolute atomic E-state index is 5.29. The fraction of sp³-hybridized carbons (Fsp3) is 0.0455. The second-order valence-electron chi connectivity index (χ2n) is 5.82. The van der Waals surface area contributed by atoms with Crippen molar-refractivity contribution in [1.29, 1.82) is 0 Å². The number of nitrogens with one attached hydrogen (secondary N) is 1. The van der Waals surface area contributed by atoms with Crippen LogP contribution < -0.4 is 14.6 Å². The van der Waals surface area contributed by atoms with E-state index < -0.39 is 0 Å². The quantitative estimate of drug-likeness (QED) is 0.480. The van der Waals surface area contributed by atoms with Crippen LogP contribution in [0.3, 0.4) is 0 Å². The summed E-state index contributed by atoms with van der Waals surface area (Å²) in [7, 11) is 1.69. The molecule has 4 rings (SSSR count). The molecule has 0 radical (unpaired) electrons. The summed E-state index contributed by atoms with van der Waals surface area (Å²) < 4.78 is 7.54. The molecule has 0 saturated heterocycles. The lowest BCUT2D eigenvalue weighted by Gasteiger charge is -2.07. The van der Waals surface area contributed by atoms with E-state index >= 15 is 0 Å². The van der Waals surface area contributed by atoms with Gasteiger partial charge in [0.2, 0.25) is 0 Å². The van der Waals surface area contributed by atoms with Gasteiger partial charge in [-0.2, -0.15) is 4.57 Å². The Balaban J connectivity index is 1.81. The zero-order chi connectivity index (χ0) is 17.8. The Kier molecular flexibility index (Phi) is 4.67. The molecule has 0 aliphatic heterocycles. The molecule has 0 amide bonds. The van der Waals surface area contributed by atoms with Crippen LogP contribution in [-0.2, 0) is 0 Å². The second-order valence-corrected chi connectivity index (χ2v) is 6.67. The van der Waals surface area contributed by atoms with Gasteiger partial charge < -0.3 is 4.74 Å². The predicted octanol–water partition coefficient (Wildman–Crippen LogP) is 5.44. The van der Waals surface area contributed by atoms with Crippen molar-refractivity contribution in [3.05, 3.63) is 90.3 Å². The molecule has 0 spiro atoms. The molecule has 0 aliphatic rings. The van der Waals surface area contributed by atoms with Gasteiger partial charge in [-0.05, 0) is 48.5 Å². The molecule has 0 unspecified atom stereocenters. The van der Waals surface area contributed by atoms with E-state index in [-0.39, 0.29) is 0 Å². The number of thiazole rings is 1. The number of anilines is 2. The lowest BCUT2D eigenvalue weighted by atomic mass is 10.1. The first-order valence-electron chi connectivity index (χ1n) is 8.40. The highest BCUT2D eigenvalue weighted by molar-refractivity contribution is 7.13. The first kappa shape index (κ1) is 16.4. The van der Waals surface area contributed by atoms with Crippen molar-refractivity contribution in [2.24, 2.45) is 0 Å². The van der Waals surface area contributed by atoms with E-state index in [0.717, 1.165) is 33.5 Å². The summed E-state index contributed by atoms with van der Waals surface area (Å²) in [5.74, 6) is 0.859. The highest BCUT2D eigenvalue weighted by Crippen LogP contribution is 2.28. The average Bonchev–Trinajstić information content (AvgIpc) is 3.13. The molecule has 1 aromatic heterocycles. The van der Waals surface area contributed by atoms with Crippen molar-refractivity contribution < 1.29 is 9.30 Å². The number of methoxy groups -OCH3 is 1. The maximum atomic E-state index is 5.29. The Morgan fingerprint density at radius 3 is 2.12 bits per heavy atom. The largest absolute Gasteiger partial charge is 0.497 e. The minimum Gasteiger partial charge on any atom is -0.497 e. The molecule has 3 aromatic carbocycles. The summed E-state index contributed by atoms with van der Waals surface area (Å²) in [5.41, 5.74) is 4.48. The first-order chi connectivity index (χ1) is 12.8.